The van der Waals surface area contributed by atoms with E-state index in [-0.39, 0.29) is 18.1 Å². The molecule has 0 atom stereocenters. The van der Waals surface area contributed by atoms with E-state index in [4.69, 9.17) is 15.8 Å². The Morgan fingerprint density at radius 1 is 1.08 bits per heavy atom. The van der Waals surface area contributed by atoms with Gasteiger partial charge < -0.3 is 20.7 Å². The molecule has 0 unspecified atom stereocenters. The van der Waals surface area contributed by atoms with Crippen LogP contribution in [0.25, 0.3) is 38.8 Å². The Balaban J connectivity index is 1.48. The summed E-state index contributed by atoms with van der Waals surface area (Å²) in [6.07, 6.45) is 6.81. The van der Waals surface area contributed by atoms with Crippen LogP contribution < -0.4 is 11.1 Å². The maximum Gasteiger partial charge on any atom is 0.250 e. The number of aliphatic hydroxyl groups is 1. The molecule has 6 rings (SSSR count). The number of carbonyl (C=O) groups excluding carboxylic acids is 1. The van der Waals surface area contributed by atoms with Crippen LogP contribution in [0.2, 0.25) is 0 Å². The molecule has 0 bridgehead atoms. The molecule has 8 nitrogen and oxygen atoms in total. The van der Waals surface area contributed by atoms with Gasteiger partial charge in [0.2, 0.25) is 0 Å². The maximum absolute atomic E-state index is 12.3. The number of nitrogens with two attached hydrogens (primary N) is 1. The van der Waals surface area contributed by atoms with E-state index in [2.05, 4.69) is 67.3 Å². The van der Waals surface area contributed by atoms with Gasteiger partial charge in [-0.25, -0.2) is 9.67 Å². The quantitative estimate of drug-likeness (QED) is 0.272. The zero-order chi connectivity index (χ0) is 27.3. The second-order valence-corrected chi connectivity index (χ2v) is 11.0. The summed E-state index contributed by atoms with van der Waals surface area (Å²) in [4.78, 5) is 17.1. The van der Waals surface area contributed by atoms with Crippen molar-refractivity contribution in [2.45, 2.75) is 57.6 Å². The van der Waals surface area contributed by atoms with Crippen molar-refractivity contribution in [2.24, 2.45) is 12.8 Å². The minimum absolute atomic E-state index is 0.167. The van der Waals surface area contributed by atoms with E-state index in [0.29, 0.717) is 11.3 Å². The monoisotopic (exact) mass is 522 g/mol. The van der Waals surface area contributed by atoms with Gasteiger partial charge in [0.05, 0.1) is 28.4 Å². The molecule has 4 N–H and O–H groups in total. The van der Waals surface area contributed by atoms with E-state index in [1.807, 2.05) is 23.0 Å². The Kier molecular flexibility index (Phi) is 6.35. The van der Waals surface area contributed by atoms with Gasteiger partial charge in [-0.15, -0.1) is 0 Å². The number of pyridine rings is 1. The molecule has 1 fully saturated rings. The van der Waals surface area contributed by atoms with Crippen LogP contribution in [0.3, 0.4) is 0 Å². The highest BCUT2D eigenvalue weighted by molar-refractivity contribution is 6.00. The van der Waals surface area contributed by atoms with Crippen LogP contribution in [0.5, 0.6) is 0 Å². The Morgan fingerprint density at radius 3 is 2.62 bits per heavy atom. The molecule has 39 heavy (non-hydrogen) atoms. The molecule has 1 amide bonds. The van der Waals surface area contributed by atoms with Crippen molar-refractivity contribution in [2.75, 3.05) is 5.32 Å². The number of carbonyl (C=O) groups is 1. The molecule has 0 radical (unpaired) electrons. The van der Waals surface area contributed by atoms with Crippen molar-refractivity contribution in [3.8, 4) is 16.8 Å². The molecular weight excluding hydrogens is 488 g/mol. The molecule has 1 aliphatic carbocycles. The molecule has 0 saturated heterocycles. The lowest BCUT2D eigenvalue weighted by Gasteiger charge is -2.27. The number of hydrogen-bond donors (Lipinski definition) is 3. The molecule has 1 aliphatic rings. The van der Waals surface area contributed by atoms with Crippen molar-refractivity contribution < 1.29 is 9.90 Å². The fraction of sp³-hybridized carbons (Fsp3) is 0.323. The molecule has 3 aromatic heterocycles. The zero-order valence-electron chi connectivity index (χ0n) is 22.6. The number of aliphatic hydroxyl groups excluding tert-OH is 1. The van der Waals surface area contributed by atoms with Gasteiger partial charge >= 0.3 is 0 Å². The van der Waals surface area contributed by atoms with Crippen LogP contribution in [0.4, 0.5) is 5.69 Å². The van der Waals surface area contributed by atoms with Crippen molar-refractivity contribution in [1.29, 1.82) is 0 Å². The van der Waals surface area contributed by atoms with Gasteiger partial charge in [-0.1, -0.05) is 19.9 Å². The summed E-state index contributed by atoms with van der Waals surface area (Å²) >= 11 is 0. The number of primary amides is 1. The van der Waals surface area contributed by atoms with Gasteiger partial charge in [-0.3, -0.25) is 4.79 Å². The number of benzene rings is 2. The highest BCUT2D eigenvalue weighted by atomic mass is 16.3. The second kappa shape index (κ2) is 9.85. The van der Waals surface area contributed by atoms with E-state index < -0.39 is 5.91 Å². The van der Waals surface area contributed by atoms with Gasteiger partial charge in [-0.2, -0.15) is 5.10 Å². The van der Waals surface area contributed by atoms with Crippen LogP contribution >= 0.6 is 0 Å². The van der Waals surface area contributed by atoms with E-state index in [1.54, 1.807) is 6.07 Å². The van der Waals surface area contributed by atoms with Crippen molar-refractivity contribution in [3.05, 3.63) is 72.2 Å². The first-order valence-electron chi connectivity index (χ1n) is 13.6. The molecule has 1 saturated carbocycles. The summed E-state index contributed by atoms with van der Waals surface area (Å²) in [5.41, 5.74) is 12.8. The predicted molar refractivity (Wildman–Crippen MR) is 155 cm³/mol. The predicted octanol–water partition coefficient (Wildman–Crippen LogP) is 5.52. The Morgan fingerprint density at radius 2 is 1.87 bits per heavy atom. The number of nitrogens with zero attached hydrogens (tertiary/aromatic N) is 4. The smallest absolute Gasteiger partial charge is 0.250 e. The van der Waals surface area contributed by atoms with E-state index in [1.165, 1.54) is 10.9 Å². The van der Waals surface area contributed by atoms with Gasteiger partial charge in [0, 0.05) is 42.1 Å². The first-order valence-corrected chi connectivity index (χ1v) is 13.6. The molecule has 5 aromatic rings. The minimum Gasteiger partial charge on any atom is -0.393 e. The van der Waals surface area contributed by atoms with Gasteiger partial charge in [0.25, 0.3) is 5.91 Å². The fourth-order valence-corrected chi connectivity index (χ4v) is 5.78. The van der Waals surface area contributed by atoms with Crippen LogP contribution in [-0.4, -0.2) is 42.5 Å². The summed E-state index contributed by atoms with van der Waals surface area (Å²) in [5, 5.41) is 20.7. The van der Waals surface area contributed by atoms with Crippen molar-refractivity contribution in [3.63, 3.8) is 0 Å². The van der Waals surface area contributed by atoms with Crippen LogP contribution in [0.15, 0.2) is 60.9 Å². The SMILES string of the molecule is CC(C)c1nn(-c2ccc(C(N)=O)c(N[C@H]3CC[C@H](O)CC3)c2)c2nccc(-c3ccc4c(ccn4C)c3)c12. The van der Waals surface area contributed by atoms with Gasteiger partial charge in [0.1, 0.15) is 0 Å². The van der Waals surface area contributed by atoms with Crippen LogP contribution in [0, 0.1) is 0 Å². The Bertz CT molecular complexity index is 1690. The fourth-order valence-electron chi connectivity index (χ4n) is 5.78. The third-order valence-electron chi connectivity index (χ3n) is 7.91. The molecule has 2 aromatic carbocycles. The van der Waals surface area contributed by atoms with Crippen LogP contribution in [0.1, 0.15) is 61.5 Å². The first kappa shape index (κ1) is 25.1. The zero-order valence-corrected chi connectivity index (χ0v) is 22.6. The number of nitrogens with one attached hydrogen (secondary N) is 1. The Hall–Kier alpha value is -4.17. The van der Waals surface area contributed by atoms with E-state index in [9.17, 15) is 9.90 Å². The third kappa shape index (κ3) is 4.55. The molecule has 0 aliphatic heterocycles. The lowest BCUT2D eigenvalue weighted by Crippen LogP contribution is -2.29. The summed E-state index contributed by atoms with van der Waals surface area (Å²) in [7, 11) is 2.05. The first-order chi connectivity index (χ1) is 18.8. The number of fused-ring (bicyclic) bond motifs is 2. The Labute approximate surface area is 227 Å². The lowest BCUT2D eigenvalue weighted by atomic mass is 9.92. The number of aromatic nitrogens is 4. The lowest BCUT2D eigenvalue weighted by molar-refractivity contribution is 0.100. The topological polar surface area (TPSA) is 111 Å². The second-order valence-electron chi connectivity index (χ2n) is 11.0. The normalized spacial score (nSPS) is 17.8. The van der Waals surface area contributed by atoms with Crippen LogP contribution in [-0.2, 0) is 7.05 Å². The average molecular weight is 523 g/mol. The number of amides is 1. The van der Waals surface area contributed by atoms with E-state index >= 15 is 0 Å². The number of rotatable bonds is 6. The van der Waals surface area contributed by atoms with Gasteiger partial charge in [-0.05, 0) is 85.2 Å². The average Bonchev–Trinajstić information content (AvgIpc) is 3.50. The number of hydrogen-bond acceptors (Lipinski definition) is 5. The molecule has 200 valence electrons. The number of anilines is 1. The maximum atomic E-state index is 12.3. The molecular formula is C31H34N6O2. The standard InChI is InChI=1S/C31H34N6O2/c1-18(2)29-28-24(19-4-11-27-20(16-19)13-15-36(27)3)12-14-33-31(28)37(35-29)22-7-10-25(30(32)39)26(17-22)34-21-5-8-23(38)9-6-21/h4,7,10-18,21,23,34,38H,5-6,8-9H2,1-3H3,(H2,32,39)/t21-,23-. The summed E-state index contributed by atoms with van der Waals surface area (Å²) in [6, 6.07) is 16.5. The number of aryl methyl sites for hydroxylation is 1. The molecule has 3 heterocycles. The van der Waals surface area contributed by atoms with Crippen molar-refractivity contribution in [1.82, 2.24) is 19.3 Å². The highest BCUT2D eigenvalue weighted by Crippen LogP contribution is 2.36. The molecule has 0 spiro atoms. The summed E-state index contributed by atoms with van der Waals surface area (Å²) in [5.74, 6) is -0.307. The highest BCUT2D eigenvalue weighted by Gasteiger charge is 2.23. The third-order valence-corrected chi connectivity index (χ3v) is 7.91. The minimum atomic E-state index is -0.482. The summed E-state index contributed by atoms with van der Waals surface area (Å²) < 4.78 is 3.99. The molecule has 8 heteroatoms. The van der Waals surface area contributed by atoms with Gasteiger partial charge in [0.15, 0.2) is 5.65 Å². The van der Waals surface area contributed by atoms with Crippen molar-refractivity contribution >= 4 is 33.5 Å². The van der Waals surface area contributed by atoms with E-state index in [0.717, 1.165) is 59.2 Å². The largest absolute Gasteiger partial charge is 0.393 e. The summed E-state index contributed by atoms with van der Waals surface area (Å²) in [6.45, 7) is 4.29.